The minimum Gasteiger partial charge on any atom is -0.353 e. The third-order valence-electron chi connectivity index (χ3n) is 4.00. The van der Waals surface area contributed by atoms with Gasteiger partial charge >= 0.3 is 0 Å². The van der Waals surface area contributed by atoms with E-state index in [1.165, 1.54) is 32.1 Å². The predicted octanol–water partition coefficient (Wildman–Crippen LogP) is 2.22. The highest BCUT2D eigenvalue weighted by molar-refractivity contribution is 5.88. The Morgan fingerprint density at radius 3 is 2.67 bits per heavy atom. The van der Waals surface area contributed by atoms with Crippen molar-refractivity contribution in [1.82, 2.24) is 5.32 Å². The summed E-state index contributed by atoms with van der Waals surface area (Å²) in [4.78, 5) is 11.5. The Morgan fingerprint density at radius 1 is 1.33 bits per heavy atom. The number of rotatable bonds is 6. The molecule has 0 radical (unpaired) electrons. The second kappa shape index (κ2) is 6.53. The molecule has 104 valence electrons. The zero-order valence-electron chi connectivity index (χ0n) is 11.5. The lowest BCUT2D eigenvalue weighted by molar-refractivity contribution is -0.192. The molecule has 18 heavy (non-hydrogen) atoms. The maximum absolute atomic E-state index is 11.5. The van der Waals surface area contributed by atoms with Crippen molar-refractivity contribution < 1.29 is 14.3 Å². The van der Waals surface area contributed by atoms with Crippen molar-refractivity contribution in [3.63, 3.8) is 0 Å². The average Bonchev–Trinajstić information content (AvgIpc) is 2.37. The van der Waals surface area contributed by atoms with E-state index in [2.05, 4.69) is 5.32 Å². The van der Waals surface area contributed by atoms with Crippen LogP contribution in [0.5, 0.6) is 0 Å². The van der Waals surface area contributed by atoms with Gasteiger partial charge in [-0.15, -0.1) is 0 Å². The Morgan fingerprint density at radius 2 is 2.06 bits per heavy atom. The molecule has 1 unspecified atom stereocenters. The summed E-state index contributed by atoms with van der Waals surface area (Å²) in [6, 6.07) is 0.198. The molecule has 1 N–H and O–H groups in total. The van der Waals surface area contributed by atoms with Gasteiger partial charge in [-0.3, -0.25) is 4.79 Å². The van der Waals surface area contributed by atoms with Gasteiger partial charge in [-0.25, -0.2) is 0 Å². The highest BCUT2D eigenvalue weighted by Crippen LogP contribution is 2.30. The van der Waals surface area contributed by atoms with E-state index >= 15 is 0 Å². The van der Waals surface area contributed by atoms with E-state index < -0.39 is 0 Å². The maximum Gasteiger partial charge on any atom is 0.251 e. The van der Waals surface area contributed by atoms with Crippen LogP contribution in [0.1, 0.15) is 52.4 Å². The van der Waals surface area contributed by atoms with Gasteiger partial charge in [0.1, 0.15) is 0 Å². The summed E-state index contributed by atoms with van der Waals surface area (Å²) in [5.74, 6) is 0.778. The first-order valence-electron chi connectivity index (χ1n) is 7.28. The van der Waals surface area contributed by atoms with Crippen molar-refractivity contribution in [3.8, 4) is 0 Å². The molecule has 1 saturated heterocycles. The van der Waals surface area contributed by atoms with Gasteiger partial charge < -0.3 is 14.8 Å². The molecule has 2 rings (SSSR count). The highest BCUT2D eigenvalue weighted by atomic mass is 16.7. The van der Waals surface area contributed by atoms with Crippen LogP contribution in [0.3, 0.4) is 0 Å². The SMILES string of the molecule is CCOC(C)O[C@H]1C(=O)N[C@H]1CC1CCCCC1. The highest BCUT2D eigenvalue weighted by Gasteiger charge is 2.42. The zero-order chi connectivity index (χ0) is 13.0. The second-order valence-electron chi connectivity index (χ2n) is 5.43. The third-order valence-corrected chi connectivity index (χ3v) is 4.00. The average molecular weight is 255 g/mol. The summed E-state index contributed by atoms with van der Waals surface area (Å²) in [5, 5.41) is 2.97. The molecule has 1 amide bonds. The summed E-state index contributed by atoms with van der Waals surface area (Å²) in [5.41, 5.74) is 0. The monoisotopic (exact) mass is 255 g/mol. The molecule has 0 aromatic rings. The summed E-state index contributed by atoms with van der Waals surface area (Å²) >= 11 is 0. The van der Waals surface area contributed by atoms with Crippen LogP contribution in [0, 0.1) is 5.92 Å². The molecule has 0 spiro atoms. The van der Waals surface area contributed by atoms with E-state index in [9.17, 15) is 4.79 Å². The van der Waals surface area contributed by atoms with Crippen molar-refractivity contribution in [3.05, 3.63) is 0 Å². The van der Waals surface area contributed by atoms with Gasteiger partial charge in [-0.05, 0) is 26.2 Å². The van der Waals surface area contributed by atoms with Crippen LogP contribution in [0.4, 0.5) is 0 Å². The zero-order valence-corrected chi connectivity index (χ0v) is 11.5. The molecule has 2 fully saturated rings. The lowest BCUT2D eigenvalue weighted by Crippen LogP contribution is -2.64. The molecular weight excluding hydrogens is 230 g/mol. The number of hydrogen-bond donors (Lipinski definition) is 1. The Labute approximate surface area is 109 Å². The standard InChI is InChI=1S/C14H25NO3/c1-3-17-10(2)18-13-12(15-14(13)16)9-11-7-5-4-6-8-11/h10-13H,3-9H2,1-2H3,(H,15,16)/t10?,12-,13+/m0/s1. The number of nitrogens with one attached hydrogen (secondary N) is 1. The fourth-order valence-corrected chi connectivity index (χ4v) is 3.03. The molecule has 1 heterocycles. The summed E-state index contributed by atoms with van der Waals surface area (Å²) in [6.45, 7) is 4.40. The number of β-lactam (4-membered cyclic amide) rings is 1. The van der Waals surface area contributed by atoms with Gasteiger partial charge in [0.05, 0.1) is 6.04 Å². The third kappa shape index (κ3) is 3.45. The number of ether oxygens (including phenoxy) is 2. The fourth-order valence-electron chi connectivity index (χ4n) is 3.03. The Kier molecular flexibility index (Phi) is 5.01. The second-order valence-corrected chi connectivity index (χ2v) is 5.43. The number of hydrogen-bond acceptors (Lipinski definition) is 3. The van der Waals surface area contributed by atoms with E-state index in [0.717, 1.165) is 12.3 Å². The van der Waals surface area contributed by atoms with Crippen LogP contribution in [0.2, 0.25) is 0 Å². The van der Waals surface area contributed by atoms with E-state index in [0.29, 0.717) is 6.61 Å². The van der Waals surface area contributed by atoms with Gasteiger partial charge in [-0.2, -0.15) is 0 Å². The molecule has 2 aliphatic rings. The molecule has 1 aliphatic carbocycles. The Hall–Kier alpha value is -0.610. The van der Waals surface area contributed by atoms with Gasteiger partial charge in [0.15, 0.2) is 12.4 Å². The molecule has 4 nitrogen and oxygen atoms in total. The Balaban J connectivity index is 1.76. The Bertz CT molecular complexity index is 276. The largest absolute Gasteiger partial charge is 0.353 e. The van der Waals surface area contributed by atoms with E-state index in [1.807, 2.05) is 13.8 Å². The summed E-state index contributed by atoms with van der Waals surface area (Å²) in [7, 11) is 0. The number of carbonyl (C=O) groups excluding carboxylic acids is 1. The predicted molar refractivity (Wildman–Crippen MR) is 69.1 cm³/mol. The van der Waals surface area contributed by atoms with E-state index in [-0.39, 0.29) is 24.3 Å². The minimum absolute atomic E-state index is 0.0161. The molecule has 4 heteroatoms. The van der Waals surface area contributed by atoms with E-state index in [1.54, 1.807) is 0 Å². The van der Waals surface area contributed by atoms with Crippen LogP contribution in [-0.2, 0) is 14.3 Å². The van der Waals surface area contributed by atoms with Crippen LogP contribution >= 0.6 is 0 Å². The molecule has 0 aromatic heterocycles. The normalized spacial score (nSPS) is 30.7. The van der Waals surface area contributed by atoms with Gasteiger partial charge in [0, 0.05) is 6.61 Å². The maximum atomic E-state index is 11.5. The van der Waals surface area contributed by atoms with Crippen molar-refractivity contribution in [1.29, 1.82) is 0 Å². The summed E-state index contributed by atoms with van der Waals surface area (Å²) in [6.07, 6.45) is 7.14. The van der Waals surface area contributed by atoms with Crippen LogP contribution in [0.15, 0.2) is 0 Å². The van der Waals surface area contributed by atoms with Crippen LogP contribution in [-0.4, -0.2) is 30.9 Å². The first-order valence-corrected chi connectivity index (χ1v) is 7.28. The van der Waals surface area contributed by atoms with E-state index in [4.69, 9.17) is 9.47 Å². The van der Waals surface area contributed by atoms with Crippen molar-refractivity contribution in [2.45, 2.75) is 70.8 Å². The van der Waals surface area contributed by atoms with Gasteiger partial charge in [0.25, 0.3) is 5.91 Å². The van der Waals surface area contributed by atoms with Crippen molar-refractivity contribution >= 4 is 5.91 Å². The molecule has 3 atom stereocenters. The first kappa shape index (κ1) is 13.8. The number of carbonyl (C=O) groups is 1. The molecule has 0 aromatic carbocycles. The van der Waals surface area contributed by atoms with Crippen LogP contribution < -0.4 is 5.32 Å². The molecular formula is C14H25NO3. The van der Waals surface area contributed by atoms with Crippen molar-refractivity contribution in [2.24, 2.45) is 5.92 Å². The first-order chi connectivity index (χ1) is 8.70. The number of amides is 1. The van der Waals surface area contributed by atoms with Crippen molar-refractivity contribution in [2.75, 3.05) is 6.61 Å². The topological polar surface area (TPSA) is 47.6 Å². The lowest BCUT2D eigenvalue weighted by Gasteiger charge is -2.40. The van der Waals surface area contributed by atoms with Gasteiger partial charge in [0.2, 0.25) is 0 Å². The molecule has 0 bridgehead atoms. The lowest BCUT2D eigenvalue weighted by atomic mass is 9.81. The van der Waals surface area contributed by atoms with Gasteiger partial charge in [-0.1, -0.05) is 32.1 Å². The fraction of sp³-hybridized carbons (Fsp3) is 0.929. The molecule has 1 saturated carbocycles. The van der Waals surface area contributed by atoms with Crippen LogP contribution in [0.25, 0.3) is 0 Å². The minimum atomic E-state index is -0.298. The molecule has 1 aliphatic heterocycles. The quantitative estimate of drug-likeness (QED) is 0.585. The smallest absolute Gasteiger partial charge is 0.251 e. The summed E-state index contributed by atoms with van der Waals surface area (Å²) < 4.78 is 11.0.